The number of benzene rings is 1. The van der Waals surface area contributed by atoms with Crippen LogP contribution in [0.5, 0.6) is 5.75 Å². The Bertz CT molecular complexity index is 728. The Morgan fingerprint density at radius 2 is 1.96 bits per heavy atom. The first-order valence-corrected chi connectivity index (χ1v) is 8.68. The van der Waals surface area contributed by atoms with E-state index in [0.29, 0.717) is 11.7 Å². The summed E-state index contributed by atoms with van der Waals surface area (Å²) in [7, 11) is 3.59. The summed E-state index contributed by atoms with van der Waals surface area (Å²) < 4.78 is 7.22. The summed E-state index contributed by atoms with van der Waals surface area (Å²) in [4.78, 5) is 15.2. The topological polar surface area (TPSA) is 46.5 Å². The molecule has 5 nitrogen and oxygen atoms in total. The largest absolute Gasteiger partial charge is 0.497 e. The number of ether oxygens (including phenoxy) is 1. The van der Waals surface area contributed by atoms with Gasteiger partial charge in [-0.3, -0.25) is 4.79 Å². The van der Waals surface area contributed by atoms with Crippen LogP contribution in [0.2, 0.25) is 0 Å². The van der Waals surface area contributed by atoms with Gasteiger partial charge in [-0.2, -0.15) is 0 Å². The zero-order valence-electron chi connectivity index (χ0n) is 15.0. The van der Waals surface area contributed by atoms with E-state index in [0.717, 1.165) is 42.6 Å². The highest BCUT2D eigenvalue weighted by molar-refractivity contribution is 5.99. The fourth-order valence-electron chi connectivity index (χ4n) is 3.49. The molecule has 1 fully saturated rings. The number of amides is 1. The van der Waals surface area contributed by atoms with Crippen molar-refractivity contribution in [3.05, 3.63) is 30.0 Å². The van der Waals surface area contributed by atoms with Crippen LogP contribution >= 0.6 is 0 Å². The third-order valence-corrected chi connectivity index (χ3v) is 5.08. The lowest BCUT2D eigenvalue weighted by atomic mass is 10.0. The Morgan fingerprint density at radius 3 is 2.58 bits per heavy atom. The zero-order chi connectivity index (χ0) is 17.3. The molecule has 3 rings (SSSR count). The van der Waals surface area contributed by atoms with E-state index in [4.69, 9.17) is 4.74 Å². The van der Waals surface area contributed by atoms with Crippen LogP contribution < -0.4 is 10.1 Å². The number of piperidine rings is 1. The number of hydrogen-bond acceptors (Lipinski definition) is 3. The summed E-state index contributed by atoms with van der Waals surface area (Å²) in [5, 5.41) is 4.23. The van der Waals surface area contributed by atoms with Crippen LogP contribution in [0.1, 0.15) is 37.2 Å². The third-order valence-electron chi connectivity index (χ3n) is 5.08. The molecule has 2 heterocycles. The van der Waals surface area contributed by atoms with Crippen molar-refractivity contribution in [2.24, 2.45) is 7.05 Å². The number of likely N-dealkylation sites (tertiary alicyclic amines) is 1. The molecule has 0 bridgehead atoms. The van der Waals surface area contributed by atoms with E-state index in [1.54, 1.807) is 7.11 Å². The molecular formula is C19H27N3O2. The average Bonchev–Trinajstić information content (AvgIpc) is 2.91. The van der Waals surface area contributed by atoms with E-state index in [2.05, 4.69) is 24.1 Å². The van der Waals surface area contributed by atoms with Gasteiger partial charge in [0.25, 0.3) is 5.91 Å². The highest BCUT2D eigenvalue weighted by Crippen LogP contribution is 2.24. The Labute approximate surface area is 143 Å². The lowest BCUT2D eigenvalue weighted by molar-refractivity contribution is 0.0893. The lowest BCUT2D eigenvalue weighted by Crippen LogP contribution is -2.46. The van der Waals surface area contributed by atoms with E-state index >= 15 is 0 Å². The fourth-order valence-corrected chi connectivity index (χ4v) is 3.49. The minimum absolute atomic E-state index is 0.00987. The Morgan fingerprint density at radius 1 is 1.25 bits per heavy atom. The number of fused-ring (bicyclic) bond motifs is 1. The van der Waals surface area contributed by atoms with Gasteiger partial charge in [-0.05, 0) is 51.0 Å². The van der Waals surface area contributed by atoms with E-state index < -0.39 is 0 Å². The highest BCUT2D eigenvalue weighted by Gasteiger charge is 2.23. The van der Waals surface area contributed by atoms with Crippen LogP contribution in [0.15, 0.2) is 24.3 Å². The predicted octanol–water partition coefficient (Wildman–Crippen LogP) is 2.79. The number of aromatic nitrogens is 1. The molecule has 24 heavy (non-hydrogen) atoms. The quantitative estimate of drug-likeness (QED) is 0.938. The van der Waals surface area contributed by atoms with Gasteiger partial charge >= 0.3 is 0 Å². The van der Waals surface area contributed by atoms with Crippen molar-refractivity contribution >= 4 is 16.8 Å². The van der Waals surface area contributed by atoms with Gasteiger partial charge in [0.15, 0.2) is 0 Å². The summed E-state index contributed by atoms with van der Waals surface area (Å²) >= 11 is 0. The zero-order valence-corrected chi connectivity index (χ0v) is 15.0. The van der Waals surface area contributed by atoms with Gasteiger partial charge in [0, 0.05) is 43.1 Å². The van der Waals surface area contributed by atoms with E-state index in [-0.39, 0.29) is 11.9 Å². The van der Waals surface area contributed by atoms with E-state index in [9.17, 15) is 4.79 Å². The molecule has 0 aliphatic carbocycles. The molecule has 0 atom stereocenters. The van der Waals surface area contributed by atoms with Crippen molar-refractivity contribution in [2.45, 2.75) is 38.8 Å². The number of rotatable bonds is 4. The van der Waals surface area contributed by atoms with Crippen LogP contribution in [0.25, 0.3) is 10.9 Å². The maximum absolute atomic E-state index is 12.7. The van der Waals surface area contributed by atoms with Crippen molar-refractivity contribution in [1.29, 1.82) is 0 Å². The second-order valence-corrected chi connectivity index (χ2v) is 6.89. The molecule has 1 amide bonds. The van der Waals surface area contributed by atoms with Crippen LogP contribution in [-0.2, 0) is 7.05 Å². The average molecular weight is 329 g/mol. The molecule has 1 N–H and O–H groups in total. The number of carbonyl (C=O) groups is 1. The van der Waals surface area contributed by atoms with E-state index in [1.165, 1.54) is 0 Å². The van der Waals surface area contributed by atoms with Gasteiger partial charge in [-0.1, -0.05) is 0 Å². The van der Waals surface area contributed by atoms with Gasteiger partial charge in [0.05, 0.1) is 7.11 Å². The number of nitrogens with one attached hydrogen (secondary N) is 1. The van der Waals surface area contributed by atoms with Gasteiger partial charge in [0.1, 0.15) is 11.4 Å². The molecule has 1 saturated heterocycles. The van der Waals surface area contributed by atoms with Crippen LogP contribution in [0.3, 0.4) is 0 Å². The molecule has 0 saturated carbocycles. The predicted molar refractivity (Wildman–Crippen MR) is 96.7 cm³/mol. The van der Waals surface area contributed by atoms with Crippen molar-refractivity contribution in [2.75, 3.05) is 20.2 Å². The summed E-state index contributed by atoms with van der Waals surface area (Å²) in [6, 6.07) is 8.66. The number of carbonyl (C=O) groups excluding carboxylic acids is 1. The molecule has 0 unspecified atom stereocenters. The van der Waals surface area contributed by atoms with Crippen molar-refractivity contribution < 1.29 is 9.53 Å². The molecular weight excluding hydrogens is 302 g/mol. The molecule has 2 aromatic rings. The van der Waals surface area contributed by atoms with Gasteiger partial charge in [-0.25, -0.2) is 0 Å². The first-order valence-electron chi connectivity index (χ1n) is 8.68. The standard InChI is InChI=1S/C19H27N3O2/c1-13(2)22-9-7-15(8-10-22)20-19(23)18-12-14-11-16(24-4)5-6-17(14)21(18)3/h5-6,11-13,15H,7-10H2,1-4H3,(H,20,23). The van der Waals surface area contributed by atoms with Crippen LogP contribution in [0, 0.1) is 0 Å². The number of methoxy groups -OCH3 is 1. The SMILES string of the molecule is COc1ccc2c(c1)cc(C(=O)NC1CCN(C(C)C)CC1)n2C. The highest BCUT2D eigenvalue weighted by atomic mass is 16.5. The smallest absolute Gasteiger partial charge is 0.268 e. The minimum atomic E-state index is 0.00987. The normalized spacial score (nSPS) is 16.7. The molecule has 0 spiro atoms. The van der Waals surface area contributed by atoms with Crippen molar-refractivity contribution in [3.63, 3.8) is 0 Å². The number of hydrogen-bond donors (Lipinski definition) is 1. The maximum Gasteiger partial charge on any atom is 0.268 e. The number of aryl methyl sites for hydroxylation is 1. The second-order valence-electron chi connectivity index (χ2n) is 6.89. The van der Waals surface area contributed by atoms with E-state index in [1.807, 2.05) is 35.9 Å². The molecule has 5 heteroatoms. The second kappa shape index (κ2) is 6.85. The van der Waals surface area contributed by atoms with Crippen molar-refractivity contribution in [3.8, 4) is 5.75 Å². The van der Waals surface area contributed by atoms with Gasteiger partial charge in [-0.15, -0.1) is 0 Å². The lowest BCUT2D eigenvalue weighted by Gasteiger charge is -2.34. The van der Waals surface area contributed by atoms with Gasteiger partial charge < -0.3 is 19.5 Å². The molecule has 0 radical (unpaired) electrons. The summed E-state index contributed by atoms with van der Waals surface area (Å²) in [5.74, 6) is 0.816. The van der Waals surface area contributed by atoms with Crippen LogP contribution in [-0.4, -0.2) is 47.7 Å². The first-order chi connectivity index (χ1) is 11.5. The Balaban J connectivity index is 1.71. The first kappa shape index (κ1) is 16.8. The Kier molecular flexibility index (Phi) is 4.81. The van der Waals surface area contributed by atoms with Crippen LogP contribution in [0.4, 0.5) is 0 Å². The molecule has 1 aromatic carbocycles. The summed E-state index contributed by atoms with van der Waals surface area (Å²) in [5.41, 5.74) is 1.74. The molecule has 1 aliphatic rings. The molecule has 1 aromatic heterocycles. The summed E-state index contributed by atoms with van der Waals surface area (Å²) in [6.45, 7) is 6.55. The monoisotopic (exact) mass is 329 g/mol. The van der Waals surface area contributed by atoms with Crippen molar-refractivity contribution in [1.82, 2.24) is 14.8 Å². The molecule has 130 valence electrons. The van der Waals surface area contributed by atoms with Gasteiger partial charge in [0.2, 0.25) is 0 Å². The fraction of sp³-hybridized carbons (Fsp3) is 0.526. The molecule has 1 aliphatic heterocycles. The number of nitrogens with zero attached hydrogens (tertiary/aromatic N) is 2. The summed E-state index contributed by atoms with van der Waals surface area (Å²) in [6.07, 6.45) is 2.03. The maximum atomic E-state index is 12.7. The third kappa shape index (κ3) is 3.26. The minimum Gasteiger partial charge on any atom is -0.497 e. The Hall–Kier alpha value is -2.01.